The maximum absolute atomic E-state index is 12.1. The molecular weight excluding hydrogens is 258 g/mol. The van der Waals surface area contributed by atoms with Crippen LogP contribution in [0, 0.1) is 18.3 Å². The van der Waals surface area contributed by atoms with Gasteiger partial charge in [-0.2, -0.15) is 0 Å². The Morgan fingerprint density at radius 3 is 2.48 bits per heavy atom. The Morgan fingerprint density at radius 1 is 1.19 bits per heavy atom. The number of Topliss-reactive ketones (excluding diaryl/α,β-unsaturated/α-hetero) is 1. The van der Waals surface area contributed by atoms with Crippen LogP contribution in [0.5, 0.6) is 0 Å². The molecule has 2 bridgehead atoms. The van der Waals surface area contributed by atoms with Gasteiger partial charge in [0.1, 0.15) is 5.78 Å². The van der Waals surface area contributed by atoms with Crippen molar-refractivity contribution in [3.05, 3.63) is 35.9 Å². The molecular formula is C19H23NO. The number of terminal acetylenes is 1. The highest BCUT2D eigenvalue weighted by atomic mass is 16.1. The molecule has 2 fully saturated rings. The Morgan fingerprint density at radius 2 is 1.86 bits per heavy atom. The maximum atomic E-state index is 12.1. The highest BCUT2D eigenvalue weighted by Gasteiger charge is 2.39. The number of fused-ring (bicyclic) bond motifs is 2. The third-order valence-electron chi connectivity index (χ3n) is 5.07. The van der Waals surface area contributed by atoms with Gasteiger partial charge in [-0.1, -0.05) is 42.7 Å². The highest BCUT2D eigenvalue weighted by Crippen LogP contribution is 2.38. The normalized spacial score (nSPS) is 28.8. The fourth-order valence-electron chi connectivity index (χ4n) is 4.04. The summed E-state index contributed by atoms with van der Waals surface area (Å²) in [6, 6.07) is 11.8. The molecule has 0 amide bonds. The van der Waals surface area contributed by atoms with Crippen molar-refractivity contribution >= 4 is 5.78 Å². The third kappa shape index (κ3) is 3.19. The molecule has 2 nitrogen and oxygen atoms in total. The third-order valence-corrected chi connectivity index (χ3v) is 5.07. The van der Waals surface area contributed by atoms with Gasteiger partial charge in [0, 0.05) is 24.5 Å². The lowest BCUT2D eigenvalue weighted by molar-refractivity contribution is -0.126. The molecule has 1 aromatic carbocycles. The van der Waals surface area contributed by atoms with E-state index < -0.39 is 0 Å². The van der Waals surface area contributed by atoms with Crippen LogP contribution in [0.2, 0.25) is 0 Å². The summed E-state index contributed by atoms with van der Waals surface area (Å²) in [5.41, 5.74) is 1.38. The number of piperidine rings is 2. The van der Waals surface area contributed by atoms with E-state index in [1.165, 1.54) is 24.8 Å². The van der Waals surface area contributed by atoms with Crippen LogP contribution in [0.15, 0.2) is 30.3 Å². The molecule has 1 aromatic rings. The van der Waals surface area contributed by atoms with Gasteiger partial charge in [-0.3, -0.25) is 9.69 Å². The van der Waals surface area contributed by atoms with E-state index in [0.717, 1.165) is 19.4 Å². The topological polar surface area (TPSA) is 20.3 Å². The van der Waals surface area contributed by atoms with E-state index in [0.29, 0.717) is 18.5 Å². The number of benzene rings is 1. The molecule has 0 aliphatic carbocycles. The number of hydrogen-bond donors (Lipinski definition) is 0. The number of carbonyl (C=O) groups is 1. The van der Waals surface area contributed by atoms with Gasteiger partial charge in [0.05, 0.1) is 6.42 Å². The second-order valence-corrected chi connectivity index (χ2v) is 6.41. The van der Waals surface area contributed by atoms with E-state index >= 15 is 0 Å². The van der Waals surface area contributed by atoms with Crippen LogP contribution >= 0.6 is 0 Å². The molecule has 0 saturated carbocycles. The van der Waals surface area contributed by atoms with Gasteiger partial charge < -0.3 is 0 Å². The van der Waals surface area contributed by atoms with Crippen molar-refractivity contribution in [1.82, 2.24) is 4.90 Å². The van der Waals surface area contributed by atoms with Crippen LogP contribution in [-0.4, -0.2) is 22.8 Å². The zero-order valence-corrected chi connectivity index (χ0v) is 12.5. The van der Waals surface area contributed by atoms with Gasteiger partial charge in [-0.05, 0) is 31.2 Å². The van der Waals surface area contributed by atoms with Gasteiger partial charge in [-0.25, -0.2) is 0 Å². The summed E-state index contributed by atoms with van der Waals surface area (Å²) in [5.74, 6) is 3.00. The van der Waals surface area contributed by atoms with E-state index in [4.69, 9.17) is 6.42 Å². The summed E-state index contributed by atoms with van der Waals surface area (Å²) >= 11 is 0. The molecule has 2 aliphatic rings. The highest BCUT2D eigenvalue weighted by molar-refractivity contribution is 5.83. The van der Waals surface area contributed by atoms with Gasteiger partial charge in [-0.15, -0.1) is 6.42 Å². The average molecular weight is 281 g/mol. The number of rotatable bonds is 4. The molecule has 21 heavy (non-hydrogen) atoms. The Labute approximate surface area is 127 Å². The van der Waals surface area contributed by atoms with Crippen molar-refractivity contribution in [2.75, 3.05) is 0 Å². The molecule has 2 aliphatic heterocycles. The van der Waals surface area contributed by atoms with Crippen molar-refractivity contribution in [2.24, 2.45) is 5.92 Å². The lowest BCUT2D eigenvalue weighted by atomic mass is 9.76. The van der Waals surface area contributed by atoms with Crippen LogP contribution < -0.4 is 0 Å². The first-order chi connectivity index (χ1) is 10.3. The Balaban J connectivity index is 1.70. The van der Waals surface area contributed by atoms with Crippen molar-refractivity contribution < 1.29 is 4.79 Å². The molecule has 2 atom stereocenters. The Hall–Kier alpha value is -1.59. The summed E-state index contributed by atoms with van der Waals surface area (Å²) in [6.07, 6.45) is 11.4. The maximum Gasteiger partial charge on any atom is 0.147 e. The second-order valence-electron chi connectivity index (χ2n) is 6.41. The van der Waals surface area contributed by atoms with Crippen molar-refractivity contribution in [3.8, 4) is 12.3 Å². The molecule has 0 aromatic heterocycles. The number of carbonyl (C=O) groups excluding carboxylic acids is 1. The first-order valence-corrected chi connectivity index (χ1v) is 8.03. The summed E-state index contributed by atoms with van der Waals surface area (Å²) < 4.78 is 0. The minimum atomic E-state index is 0.198. The zero-order chi connectivity index (χ0) is 14.7. The zero-order valence-electron chi connectivity index (χ0n) is 12.5. The summed E-state index contributed by atoms with van der Waals surface area (Å²) in [4.78, 5) is 14.8. The standard InChI is InChI=1S/C19H23NO/c1-2-7-19(21)16-12-17-10-6-11-18(13-16)20(17)14-15-8-4-3-5-9-15/h1,3-5,8-9,16-18H,6-7,10-14H2. The van der Waals surface area contributed by atoms with Crippen molar-refractivity contribution in [3.63, 3.8) is 0 Å². The fraction of sp³-hybridized carbons (Fsp3) is 0.526. The van der Waals surface area contributed by atoms with Gasteiger partial charge in [0.2, 0.25) is 0 Å². The van der Waals surface area contributed by atoms with E-state index in [2.05, 4.69) is 41.2 Å². The first kappa shape index (κ1) is 14.4. The summed E-state index contributed by atoms with van der Waals surface area (Å²) in [7, 11) is 0. The average Bonchev–Trinajstić information content (AvgIpc) is 2.48. The smallest absolute Gasteiger partial charge is 0.147 e. The largest absolute Gasteiger partial charge is 0.298 e. The molecule has 3 rings (SSSR count). The van der Waals surface area contributed by atoms with E-state index in [9.17, 15) is 4.79 Å². The molecule has 110 valence electrons. The molecule has 2 saturated heterocycles. The predicted molar refractivity (Wildman–Crippen MR) is 84.6 cm³/mol. The van der Waals surface area contributed by atoms with Gasteiger partial charge in [0.25, 0.3) is 0 Å². The molecule has 2 unspecified atom stereocenters. The fourth-order valence-corrected chi connectivity index (χ4v) is 4.04. The van der Waals surface area contributed by atoms with E-state index in [1.54, 1.807) is 0 Å². The Kier molecular flexibility index (Phi) is 4.41. The predicted octanol–water partition coefficient (Wildman–Crippen LogP) is 3.41. The summed E-state index contributed by atoms with van der Waals surface area (Å²) in [6.45, 7) is 1.02. The first-order valence-electron chi connectivity index (χ1n) is 8.03. The molecule has 2 heterocycles. The van der Waals surface area contributed by atoms with Crippen LogP contribution in [0.4, 0.5) is 0 Å². The molecule has 0 radical (unpaired) electrons. The quantitative estimate of drug-likeness (QED) is 0.788. The molecule has 0 spiro atoms. The lowest BCUT2D eigenvalue weighted by Crippen LogP contribution is -2.52. The molecule has 0 N–H and O–H groups in total. The SMILES string of the molecule is C#CCC(=O)C1CC2CCCC(C1)N2Cc1ccccc1. The van der Waals surface area contributed by atoms with E-state index in [-0.39, 0.29) is 11.7 Å². The van der Waals surface area contributed by atoms with Gasteiger partial charge >= 0.3 is 0 Å². The molecule has 2 heteroatoms. The number of hydrogen-bond acceptors (Lipinski definition) is 2. The van der Waals surface area contributed by atoms with Crippen LogP contribution in [0.3, 0.4) is 0 Å². The van der Waals surface area contributed by atoms with Crippen LogP contribution in [0.1, 0.15) is 44.1 Å². The van der Waals surface area contributed by atoms with Crippen LogP contribution in [-0.2, 0) is 11.3 Å². The van der Waals surface area contributed by atoms with E-state index in [1.807, 2.05) is 0 Å². The number of ketones is 1. The van der Waals surface area contributed by atoms with Crippen molar-refractivity contribution in [1.29, 1.82) is 0 Å². The lowest BCUT2D eigenvalue weighted by Gasteiger charge is -2.48. The van der Waals surface area contributed by atoms with Crippen molar-refractivity contribution in [2.45, 2.75) is 57.2 Å². The summed E-state index contributed by atoms with van der Waals surface area (Å²) in [5, 5.41) is 0. The minimum Gasteiger partial charge on any atom is -0.298 e. The van der Waals surface area contributed by atoms with Crippen LogP contribution in [0.25, 0.3) is 0 Å². The number of nitrogens with zero attached hydrogens (tertiary/aromatic N) is 1. The van der Waals surface area contributed by atoms with Gasteiger partial charge in [0.15, 0.2) is 0 Å². The Bertz CT molecular complexity index is 516. The minimum absolute atomic E-state index is 0.198. The second kappa shape index (κ2) is 6.45. The monoisotopic (exact) mass is 281 g/mol.